The maximum atomic E-state index is 11.7. The molecular formula is C52H64IrNO3Si-. The molecule has 0 saturated heterocycles. The number of pyridine rings is 1. The zero-order valence-corrected chi connectivity index (χ0v) is 39.8. The van der Waals surface area contributed by atoms with Crippen molar-refractivity contribution in [3.8, 4) is 11.3 Å². The minimum Gasteiger partial charge on any atom is -0.512 e. The smallest absolute Gasteiger partial charge is 0.193 e. The summed E-state index contributed by atoms with van der Waals surface area (Å²) < 4.78 is 7.11. The van der Waals surface area contributed by atoms with E-state index in [0.29, 0.717) is 0 Å². The van der Waals surface area contributed by atoms with Gasteiger partial charge in [0.1, 0.15) is 5.58 Å². The molecule has 0 saturated carbocycles. The molecule has 0 atom stereocenters. The topological polar surface area (TPSA) is 63.3 Å². The van der Waals surface area contributed by atoms with Gasteiger partial charge in [-0.1, -0.05) is 159 Å². The molecule has 58 heavy (non-hydrogen) atoms. The van der Waals surface area contributed by atoms with Crippen LogP contribution >= 0.6 is 0 Å². The van der Waals surface area contributed by atoms with E-state index in [2.05, 4.69) is 151 Å². The van der Waals surface area contributed by atoms with Crippen LogP contribution < -0.4 is 15.8 Å². The van der Waals surface area contributed by atoms with Gasteiger partial charge in [-0.2, -0.15) is 0 Å². The predicted octanol–water partition coefficient (Wildman–Crippen LogP) is 12.5. The molecule has 309 valence electrons. The zero-order valence-electron chi connectivity index (χ0n) is 36.4. The maximum Gasteiger partial charge on any atom is 0.193 e. The second-order valence-corrected chi connectivity index (χ2v) is 21.7. The number of ketones is 1. The van der Waals surface area contributed by atoms with Crippen LogP contribution in [0.15, 0.2) is 126 Å². The average Bonchev–Trinajstić information content (AvgIpc) is 3.64. The molecule has 0 aliphatic carbocycles. The normalized spacial score (nSPS) is 12.4. The van der Waals surface area contributed by atoms with Crippen molar-refractivity contribution in [2.24, 2.45) is 17.3 Å². The van der Waals surface area contributed by atoms with Gasteiger partial charge in [-0.15, -0.1) is 29.1 Å². The van der Waals surface area contributed by atoms with Crippen LogP contribution in [0, 0.1) is 23.3 Å². The minimum absolute atomic E-state index is 0. The van der Waals surface area contributed by atoms with Crippen molar-refractivity contribution in [1.82, 2.24) is 4.98 Å². The third-order valence-corrected chi connectivity index (χ3v) is 16.3. The Labute approximate surface area is 363 Å². The van der Waals surface area contributed by atoms with Crippen molar-refractivity contribution in [2.45, 2.75) is 113 Å². The van der Waals surface area contributed by atoms with Crippen LogP contribution in [0.4, 0.5) is 0 Å². The third-order valence-electron chi connectivity index (χ3n) is 11.6. The fourth-order valence-electron chi connectivity index (χ4n) is 8.00. The van der Waals surface area contributed by atoms with E-state index in [1.54, 1.807) is 0 Å². The SMILES string of the molecule is CC(C)(C)CC[Si](c1ccccc1)(c1ccccc1)c1cc2ccnc(-c3[c-]c4ccccc4c(C(C)(C)C)c3)c2o1.CCC(CC)C(=O)/C=C(\O)C(CC)CC.[Ir]. The van der Waals surface area contributed by atoms with E-state index < -0.39 is 8.07 Å². The molecule has 2 heterocycles. The quantitative estimate of drug-likeness (QED) is 0.0542. The van der Waals surface area contributed by atoms with Gasteiger partial charge in [0.05, 0.1) is 11.1 Å². The van der Waals surface area contributed by atoms with Gasteiger partial charge in [-0.05, 0) is 71.5 Å². The van der Waals surface area contributed by atoms with Gasteiger partial charge in [-0.25, -0.2) is 0 Å². The summed E-state index contributed by atoms with van der Waals surface area (Å²) in [6.07, 6.45) is 7.92. The van der Waals surface area contributed by atoms with E-state index in [1.807, 2.05) is 33.9 Å². The van der Waals surface area contributed by atoms with Gasteiger partial charge in [0, 0.05) is 55.3 Å². The van der Waals surface area contributed by atoms with E-state index in [9.17, 15) is 9.90 Å². The number of nitrogens with zero attached hydrogens (tertiary/aromatic N) is 1. The first kappa shape index (κ1) is 46.6. The van der Waals surface area contributed by atoms with Gasteiger partial charge in [0.2, 0.25) is 0 Å². The molecule has 0 fully saturated rings. The summed E-state index contributed by atoms with van der Waals surface area (Å²) in [5, 5.41) is 17.0. The van der Waals surface area contributed by atoms with Crippen molar-refractivity contribution >= 4 is 51.4 Å². The molecule has 0 bridgehead atoms. The summed E-state index contributed by atoms with van der Waals surface area (Å²) in [5.41, 5.74) is 4.14. The largest absolute Gasteiger partial charge is 0.512 e. The Bertz CT molecular complexity index is 2220. The molecule has 2 aromatic heterocycles. The standard InChI is InChI=1S/C39H40NOSi.C13H24O2.Ir/c1-38(2,3)22-24-42(31-16-9-7-10-17-31,32-18-11-8-12-19-32)35-27-29-21-23-40-36(37(29)41-35)30-25-28-15-13-14-20-33(28)34(26-30)39(4,5)6;1-5-10(6-2)12(14)9-13(15)11(7-3)8-4;/h7-21,23,26-27H,22,24H2,1-6H3;9-11,14H,5-8H2,1-4H3;/q-1;;/b;12-9-;. The van der Waals surface area contributed by atoms with Crippen molar-refractivity contribution in [2.75, 3.05) is 0 Å². The van der Waals surface area contributed by atoms with E-state index in [0.717, 1.165) is 71.1 Å². The molecule has 1 radical (unpaired) electrons. The Hall–Kier alpha value is -4.09. The number of hydrogen-bond acceptors (Lipinski definition) is 4. The summed E-state index contributed by atoms with van der Waals surface area (Å²) in [7, 11) is -2.53. The average molecular weight is 971 g/mol. The molecule has 6 aromatic rings. The second kappa shape index (κ2) is 20.2. The summed E-state index contributed by atoms with van der Waals surface area (Å²) >= 11 is 0. The summed E-state index contributed by atoms with van der Waals surface area (Å²) in [6, 6.07) is 42.1. The Balaban J connectivity index is 0.000000398. The number of rotatable bonds is 13. The van der Waals surface area contributed by atoms with Crippen LogP contribution in [0.25, 0.3) is 33.0 Å². The maximum absolute atomic E-state index is 11.7. The fraction of sp³-hybridized carbons (Fsp3) is 0.385. The molecule has 0 amide bonds. The van der Waals surface area contributed by atoms with Crippen molar-refractivity contribution in [3.63, 3.8) is 0 Å². The van der Waals surface area contributed by atoms with Gasteiger partial charge >= 0.3 is 0 Å². The molecule has 0 aliphatic heterocycles. The fourth-order valence-corrected chi connectivity index (χ4v) is 13.0. The number of furan rings is 1. The van der Waals surface area contributed by atoms with Crippen LogP contribution in [-0.2, 0) is 30.3 Å². The van der Waals surface area contributed by atoms with Gasteiger partial charge in [0.25, 0.3) is 0 Å². The minimum atomic E-state index is -2.53. The number of fused-ring (bicyclic) bond motifs is 2. The number of hydrogen-bond donors (Lipinski definition) is 1. The molecule has 0 unspecified atom stereocenters. The number of carbonyl (C=O) groups is 1. The number of aromatic nitrogens is 1. The summed E-state index contributed by atoms with van der Waals surface area (Å²) in [4.78, 5) is 16.6. The van der Waals surface area contributed by atoms with Crippen LogP contribution in [0.1, 0.15) is 107 Å². The Morgan fingerprint density at radius 2 is 1.33 bits per heavy atom. The van der Waals surface area contributed by atoms with Crippen LogP contribution in [0.2, 0.25) is 6.04 Å². The van der Waals surface area contributed by atoms with E-state index in [1.165, 1.54) is 27.4 Å². The van der Waals surface area contributed by atoms with Crippen molar-refractivity contribution in [1.29, 1.82) is 0 Å². The van der Waals surface area contributed by atoms with Gasteiger partial charge in [-0.3, -0.25) is 9.78 Å². The Morgan fingerprint density at radius 3 is 1.86 bits per heavy atom. The van der Waals surface area contributed by atoms with E-state index >= 15 is 0 Å². The van der Waals surface area contributed by atoms with Crippen LogP contribution in [-0.4, -0.2) is 23.9 Å². The van der Waals surface area contributed by atoms with Crippen LogP contribution in [0.3, 0.4) is 0 Å². The number of benzene rings is 4. The Morgan fingerprint density at radius 1 is 0.776 bits per heavy atom. The van der Waals surface area contributed by atoms with Crippen LogP contribution in [0.5, 0.6) is 0 Å². The Kier molecular flexibility index (Phi) is 16.3. The number of carbonyl (C=O) groups excluding carboxylic acids is 1. The summed E-state index contributed by atoms with van der Waals surface area (Å²) in [6.45, 7) is 21.9. The first-order valence-corrected chi connectivity index (χ1v) is 23.3. The van der Waals surface area contributed by atoms with Gasteiger partial charge < -0.3 is 9.52 Å². The first-order chi connectivity index (χ1) is 27.2. The van der Waals surface area contributed by atoms with Crippen molar-refractivity contribution in [3.05, 3.63) is 133 Å². The molecule has 4 nitrogen and oxygen atoms in total. The number of aliphatic hydroxyl groups excluding tert-OH is 1. The summed E-state index contributed by atoms with van der Waals surface area (Å²) in [5.74, 6) is 0.547. The molecule has 0 aliphatic rings. The number of aliphatic hydroxyl groups is 1. The number of allylic oxidation sites excluding steroid dienone is 2. The molecular weight excluding hydrogens is 907 g/mol. The van der Waals surface area contributed by atoms with E-state index in [4.69, 9.17) is 9.40 Å². The molecule has 1 N–H and O–H groups in total. The van der Waals surface area contributed by atoms with Crippen molar-refractivity contribution < 1.29 is 34.4 Å². The first-order valence-electron chi connectivity index (χ1n) is 21.1. The molecule has 6 heteroatoms. The van der Waals surface area contributed by atoms with Gasteiger partial charge in [0.15, 0.2) is 13.9 Å². The van der Waals surface area contributed by atoms with E-state index in [-0.39, 0.29) is 54.3 Å². The molecule has 4 aromatic carbocycles. The third kappa shape index (κ3) is 10.7. The second-order valence-electron chi connectivity index (χ2n) is 17.8. The molecule has 6 rings (SSSR count). The zero-order chi connectivity index (χ0) is 41.4. The monoisotopic (exact) mass is 971 g/mol. The molecule has 0 spiro atoms. The predicted molar refractivity (Wildman–Crippen MR) is 245 cm³/mol.